The molecular weight excluding hydrogens is 278 g/mol. The molecule has 1 aliphatic heterocycles. The lowest BCUT2D eigenvalue weighted by atomic mass is 9.85. The molecule has 1 aromatic carbocycles. The molecule has 108 valence electrons. The van der Waals surface area contributed by atoms with Gasteiger partial charge in [-0.1, -0.05) is 36.6 Å². The summed E-state index contributed by atoms with van der Waals surface area (Å²) in [6.07, 6.45) is 3.16. The number of hydrogen-bond acceptors (Lipinski definition) is 3. The van der Waals surface area contributed by atoms with Crippen LogP contribution in [0.1, 0.15) is 31.2 Å². The molecule has 2 rings (SSSR count). The van der Waals surface area contributed by atoms with Gasteiger partial charge in [-0.15, -0.1) is 0 Å². The number of unbranched alkanes of at least 4 members (excludes halogenated alkanes) is 2. The van der Waals surface area contributed by atoms with E-state index in [0.29, 0.717) is 23.6 Å². The number of carbonyl (C=O) groups excluding carboxylic acids is 2. The Kier molecular flexibility index (Phi) is 4.62. The summed E-state index contributed by atoms with van der Waals surface area (Å²) < 4.78 is 0. The number of urea groups is 1. The van der Waals surface area contributed by atoms with Crippen LogP contribution < -0.4 is 16.4 Å². The number of amides is 3. The maximum atomic E-state index is 12.2. The first-order valence-electron chi connectivity index (χ1n) is 6.68. The van der Waals surface area contributed by atoms with Gasteiger partial charge >= 0.3 is 6.03 Å². The van der Waals surface area contributed by atoms with Crippen molar-refractivity contribution < 1.29 is 9.59 Å². The maximum absolute atomic E-state index is 12.2. The number of hydrogen-bond donors (Lipinski definition) is 3. The number of nitrogens with two attached hydrogens (primary N) is 1. The lowest BCUT2D eigenvalue weighted by Gasteiger charge is -2.26. The van der Waals surface area contributed by atoms with Gasteiger partial charge in [0.15, 0.2) is 0 Å². The van der Waals surface area contributed by atoms with E-state index in [0.717, 1.165) is 19.3 Å². The third-order valence-corrected chi connectivity index (χ3v) is 3.75. The molecule has 3 amide bonds. The second-order valence-corrected chi connectivity index (χ2v) is 5.36. The minimum absolute atomic E-state index is 0.322. The molecule has 4 N–H and O–H groups in total. The Morgan fingerprint density at radius 2 is 2.00 bits per heavy atom. The molecule has 20 heavy (non-hydrogen) atoms. The number of imide groups is 1. The largest absolute Gasteiger partial charge is 0.330 e. The number of benzene rings is 1. The zero-order valence-corrected chi connectivity index (χ0v) is 11.9. The fourth-order valence-electron chi connectivity index (χ4n) is 2.48. The lowest BCUT2D eigenvalue weighted by molar-refractivity contribution is -0.124. The Morgan fingerprint density at radius 3 is 2.60 bits per heavy atom. The van der Waals surface area contributed by atoms with Gasteiger partial charge in [-0.25, -0.2) is 4.79 Å². The standard InChI is InChI=1S/C14H18ClN3O2/c15-11-6-4-5-10(9-11)14(7-2-1-3-8-16)12(19)17-13(20)18-14/h4-6,9H,1-3,7-8,16H2,(H2,17,18,19,20). The lowest BCUT2D eigenvalue weighted by Crippen LogP contribution is -2.43. The van der Waals surface area contributed by atoms with Gasteiger partial charge in [0.25, 0.3) is 5.91 Å². The summed E-state index contributed by atoms with van der Waals surface area (Å²) in [7, 11) is 0. The van der Waals surface area contributed by atoms with Crippen LogP contribution in [-0.2, 0) is 10.3 Å². The molecule has 1 aromatic rings. The predicted octanol–water partition coefficient (Wildman–Crippen LogP) is 1.89. The van der Waals surface area contributed by atoms with Gasteiger partial charge in [0, 0.05) is 5.02 Å². The second-order valence-electron chi connectivity index (χ2n) is 4.92. The van der Waals surface area contributed by atoms with Crippen LogP contribution in [0.3, 0.4) is 0 Å². The van der Waals surface area contributed by atoms with E-state index in [4.69, 9.17) is 17.3 Å². The second kappa shape index (κ2) is 6.24. The minimum atomic E-state index is -1.02. The van der Waals surface area contributed by atoms with Crippen molar-refractivity contribution in [3.05, 3.63) is 34.9 Å². The van der Waals surface area contributed by atoms with Crippen LogP contribution in [0, 0.1) is 0 Å². The Balaban J connectivity index is 2.25. The van der Waals surface area contributed by atoms with Crippen LogP contribution in [0.5, 0.6) is 0 Å². The molecule has 6 heteroatoms. The summed E-state index contributed by atoms with van der Waals surface area (Å²) in [5.41, 5.74) is 5.16. The van der Waals surface area contributed by atoms with Crippen molar-refractivity contribution in [3.8, 4) is 0 Å². The van der Waals surface area contributed by atoms with E-state index < -0.39 is 11.6 Å². The van der Waals surface area contributed by atoms with Crippen molar-refractivity contribution in [2.24, 2.45) is 5.73 Å². The summed E-state index contributed by atoms with van der Waals surface area (Å²) in [4.78, 5) is 23.7. The van der Waals surface area contributed by atoms with E-state index in [-0.39, 0.29) is 5.91 Å². The van der Waals surface area contributed by atoms with Crippen LogP contribution in [0.2, 0.25) is 5.02 Å². The SMILES string of the molecule is NCCCCCC1(c2cccc(Cl)c2)NC(=O)NC1=O. The van der Waals surface area contributed by atoms with Crippen molar-refractivity contribution in [2.45, 2.75) is 31.2 Å². The number of rotatable bonds is 6. The molecule has 1 heterocycles. The summed E-state index contributed by atoms with van der Waals surface area (Å²) in [6.45, 7) is 0.628. The fraction of sp³-hybridized carbons (Fsp3) is 0.429. The number of nitrogens with one attached hydrogen (secondary N) is 2. The Hall–Kier alpha value is -1.59. The van der Waals surface area contributed by atoms with Crippen molar-refractivity contribution in [1.29, 1.82) is 0 Å². The summed E-state index contributed by atoms with van der Waals surface area (Å²) in [5, 5.41) is 5.60. The van der Waals surface area contributed by atoms with E-state index in [2.05, 4.69) is 10.6 Å². The monoisotopic (exact) mass is 295 g/mol. The molecule has 1 atom stereocenters. The molecule has 1 fully saturated rings. The molecule has 0 bridgehead atoms. The van der Waals surface area contributed by atoms with Crippen molar-refractivity contribution >= 4 is 23.5 Å². The molecule has 0 saturated carbocycles. The first kappa shape index (κ1) is 14.8. The van der Waals surface area contributed by atoms with E-state index in [1.807, 2.05) is 0 Å². The van der Waals surface area contributed by atoms with E-state index in [1.54, 1.807) is 24.3 Å². The molecule has 1 aliphatic rings. The van der Waals surface area contributed by atoms with Gasteiger partial charge in [-0.2, -0.15) is 0 Å². The highest BCUT2D eigenvalue weighted by atomic mass is 35.5. The summed E-state index contributed by atoms with van der Waals surface area (Å²) in [5.74, 6) is -0.322. The topological polar surface area (TPSA) is 84.2 Å². The summed E-state index contributed by atoms with van der Waals surface area (Å²) in [6, 6.07) is 6.57. The predicted molar refractivity (Wildman–Crippen MR) is 77.3 cm³/mol. The molecular formula is C14H18ClN3O2. The van der Waals surface area contributed by atoms with E-state index in [1.165, 1.54) is 0 Å². The summed E-state index contributed by atoms with van der Waals surface area (Å²) >= 11 is 5.99. The van der Waals surface area contributed by atoms with E-state index >= 15 is 0 Å². The van der Waals surface area contributed by atoms with Crippen LogP contribution in [0.4, 0.5) is 4.79 Å². The smallest absolute Gasteiger partial charge is 0.322 e. The third-order valence-electron chi connectivity index (χ3n) is 3.51. The van der Waals surface area contributed by atoms with Crippen LogP contribution in [-0.4, -0.2) is 18.5 Å². The zero-order chi connectivity index (χ0) is 14.6. The third kappa shape index (κ3) is 2.94. The highest BCUT2D eigenvalue weighted by Crippen LogP contribution is 2.32. The quantitative estimate of drug-likeness (QED) is 0.553. The van der Waals surface area contributed by atoms with Crippen molar-refractivity contribution in [2.75, 3.05) is 6.54 Å². The first-order chi connectivity index (χ1) is 9.58. The van der Waals surface area contributed by atoms with Crippen LogP contribution in [0.25, 0.3) is 0 Å². The molecule has 0 spiro atoms. The van der Waals surface area contributed by atoms with Gasteiger partial charge < -0.3 is 11.1 Å². The van der Waals surface area contributed by atoms with E-state index in [9.17, 15) is 9.59 Å². The molecule has 0 radical (unpaired) electrons. The van der Waals surface area contributed by atoms with Gasteiger partial charge in [0.05, 0.1) is 0 Å². The van der Waals surface area contributed by atoms with Crippen LogP contribution in [0.15, 0.2) is 24.3 Å². The normalized spacial score (nSPS) is 21.7. The van der Waals surface area contributed by atoms with Crippen molar-refractivity contribution in [1.82, 2.24) is 10.6 Å². The first-order valence-corrected chi connectivity index (χ1v) is 7.06. The number of halogens is 1. The molecule has 0 aromatic heterocycles. The van der Waals surface area contributed by atoms with Gasteiger partial charge in [-0.05, 0) is 37.1 Å². The van der Waals surface area contributed by atoms with Gasteiger partial charge in [0.1, 0.15) is 5.54 Å². The van der Waals surface area contributed by atoms with Gasteiger partial charge in [-0.3, -0.25) is 10.1 Å². The Bertz CT molecular complexity index is 521. The Morgan fingerprint density at radius 1 is 1.20 bits per heavy atom. The Labute approximate surface area is 122 Å². The molecule has 1 unspecified atom stereocenters. The van der Waals surface area contributed by atoms with Crippen molar-refractivity contribution in [3.63, 3.8) is 0 Å². The minimum Gasteiger partial charge on any atom is -0.330 e. The zero-order valence-electron chi connectivity index (χ0n) is 11.1. The van der Waals surface area contributed by atoms with Crippen LogP contribution >= 0.6 is 11.6 Å². The highest BCUT2D eigenvalue weighted by Gasteiger charge is 2.47. The molecule has 0 aliphatic carbocycles. The van der Waals surface area contributed by atoms with Gasteiger partial charge in [0.2, 0.25) is 0 Å². The average molecular weight is 296 g/mol. The highest BCUT2D eigenvalue weighted by molar-refractivity contribution is 6.30. The average Bonchev–Trinajstić information content (AvgIpc) is 2.70. The maximum Gasteiger partial charge on any atom is 0.322 e. The molecule has 5 nitrogen and oxygen atoms in total. The fourth-order valence-corrected chi connectivity index (χ4v) is 2.67. The molecule has 1 saturated heterocycles. The number of carbonyl (C=O) groups is 2.